The Labute approximate surface area is 175 Å². The maximum absolute atomic E-state index is 12.7. The fourth-order valence-corrected chi connectivity index (χ4v) is 3.28. The summed E-state index contributed by atoms with van der Waals surface area (Å²) in [6, 6.07) is 13.5. The number of furan rings is 1. The number of anilines is 1. The summed E-state index contributed by atoms with van der Waals surface area (Å²) in [4.78, 5) is 36.5. The third-order valence-corrected chi connectivity index (χ3v) is 4.79. The van der Waals surface area contributed by atoms with E-state index in [-0.39, 0.29) is 11.4 Å². The number of nitro groups is 1. The molecule has 2 aromatic carbocycles. The van der Waals surface area contributed by atoms with Crippen LogP contribution in [0.3, 0.4) is 0 Å². The number of nitro benzene ring substituents is 1. The van der Waals surface area contributed by atoms with E-state index in [2.05, 4.69) is 5.32 Å². The number of halogens is 1. The lowest BCUT2D eigenvalue weighted by atomic mass is 10.1. The highest BCUT2D eigenvalue weighted by Gasteiger charge is 2.35. The molecule has 150 valence electrons. The molecule has 1 N–H and O–H groups in total. The molecule has 9 heteroatoms. The van der Waals surface area contributed by atoms with Gasteiger partial charge in [-0.2, -0.15) is 0 Å². The van der Waals surface area contributed by atoms with Crippen LogP contribution in [0.2, 0.25) is 5.02 Å². The van der Waals surface area contributed by atoms with Crippen molar-refractivity contribution in [3.8, 4) is 11.3 Å². The number of hydrogen-bond acceptors (Lipinski definition) is 5. The third-order valence-electron chi connectivity index (χ3n) is 4.56. The number of amides is 3. The average molecular weight is 424 g/mol. The number of hydrogen-bond donors (Lipinski definition) is 1. The summed E-state index contributed by atoms with van der Waals surface area (Å²) < 4.78 is 5.75. The van der Waals surface area contributed by atoms with E-state index in [9.17, 15) is 19.7 Å². The summed E-state index contributed by atoms with van der Waals surface area (Å²) in [5.41, 5.74) is 1.70. The van der Waals surface area contributed by atoms with E-state index in [1.54, 1.807) is 36.4 Å². The molecule has 30 heavy (non-hydrogen) atoms. The Morgan fingerprint density at radius 3 is 2.67 bits per heavy atom. The Kier molecular flexibility index (Phi) is 4.85. The Balaban J connectivity index is 1.64. The van der Waals surface area contributed by atoms with Gasteiger partial charge in [0.25, 0.3) is 11.6 Å². The SMILES string of the molecule is Cc1ccc([N+](=O)[O-])cc1-c1ccc(/C=C2/NC(=O)N(c3cccc(Cl)c3)C2=O)o1. The Morgan fingerprint density at radius 1 is 1.13 bits per heavy atom. The van der Waals surface area contributed by atoms with Gasteiger partial charge in [0.15, 0.2) is 0 Å². The molecular weight excluding hydrogens is 410 g/mol. The lowest BCUT2D eigenvalue weighted by molar-refractivity contribution is -0.384. The van der Waals surface area contributed by atoms with Gasteiger partial charge in [0, 0.05) is 28.8 Å². The van der Waals surface area contributed by atoms with Crippen molar-refractivity contribution in [2.75, 3.05) is 4.90 Å². The quantitative estimate of drug-likeness (QED) is 0.277. The number of carbonyl (C=O) groups excluding carboxylic acids is 2. The van der Waals surface area contributed by atoms with Crippen LogP contribution < -0.4 is 10.2 Å². The van der Waals surface area contributed by atoms with Crippen molar-refractivity contribution in [1.82, 2.24) is 5.32 Å². The number of nitrogens with one attached hydrogen (secondary N) is 1. The topological polar surface area (TPSA) is 106 Å². The van der Waals surface area contributed by atoms with E-state index in [0.717, 1.165) is 10.5 Å². The predicted octanol–water partition coefficient (Wildman–Crippen LogP) is 4.91. The van der Waals surface area contributed by atoms with E-state index in [4.69, 9.17) is 16.0 Å². The van der Waals surface area contributed by atoms with E-state index in [1.807, 2.05) is 6.92 Å². The number of rotatable bonds is 4. The molecule has 2 heterocycles. The molecule has 3 amide bonds. The molecule has 1 aliphatic heterocycles. The highest BCUT2D eigenvalue weighted by Crippen LogP contribution is 2.30. The molecule has 4 rings (SSSR count). The summed E-state index contributed by atoms with van der Waals surface area (Å²) in [7, 11) is 0. The maximum atomic E-state index is 12.7. The van der Waals surface area contributed by atoms with Gasteiger partial charge in [-0.1, -0.05) is 23.7 Å². The number of carbonyl (C=O) groups is 2. The average Bonchev–Trinajstić information content (AvgIpc) is 3.26. The van der Waals surface area contributed by atoms with Gasteiger partial charge in [0.05, 0.1) is 10.6 Å². The fraction of sp³-hybridized carbons (Fsp3) is 0.0476. The third kappa shape index (κ3) is 3.56. The van der Waals surface area contributed by atoms with Crippen LogP contribution in [0.5, 0.6) is 0 Å². The first kappa shape index (κ1) is 19.4. The number of non-ortho nitro benzene ring substituents is 1. The van der Waals surface area contributed by atoms with Gasteiger partial charge >= 0.3 is 6.03 Å². The normalized spacial score (nSPS) is 15.0. The van der Waals surface area contributed by atoms with Gasteiger partial charge in [-0.15, -0.1) is 0 Å². The van der Waals surface area contributed by atoms with Crippen molar-refractivity contribution in [2.45, 2.75) is 6.92 Å². The number of urea groups is 1. The zero-order valence-electron chi connectivity index (χ0n) is 15.6. The Bertz CT molecular complexity index is 1230. The first-order chi connectivity index (χ1) is 14.3. The van der Waals surface area contributed by atoms with Crippen molar-refractivity contribution in [3.05, 3.63) is 86.8 Å². The van der Waals surface area contributed by atoms with E-state index >= 15 is 0 Å². The molecule has 0 unspecified atom stereocenters. The maximum Gasteiger partial charge on any atom is 0.333 e. The predicted molar refractivity (Wildman–Crippen MR) is 111 cm³/mol. The first-order valence-electron chi connectivity index (χ1n) is 8.81. The number of benzene rings is 2. The number of imide groups is 1. The van der Waals surface area contributed by atoms with Gasteiger partial charge < -0.3 is 9.73 Å². The van der Waals surface area contributed by atoms with Crippen LogP contribution in [0.1, 0.15) is 11.3 Å². The van der Waals surface area contributed by atoms with E-state index < -0.39 is 16.9 Å². The van der Waals surface area contributed by atoms with Crippen LogP contribution in [0.15, 0.2) is 64.7 Å². The van der Waals surface area contributed by atoms with Gasteiger partial charge in [-0.3, -0.25) is 14.9 Å². The second-order valence-corrected chi connectivity index (χ2v) is 7.00. The smallest absolute Gasteiger partial charge is 0.333 e. The van der Waals surface area contributed by atoms with E-state index in [0.29, 0.717) is 27.8 Å². The van der Waals surface area contributed by atoms with Crippen LogP contribution in [-0.2, 0) is 4.79 Å². The molecule has 1 aliphatic rings. The number of nitrogens with zero attached hydrogens (tertiary/aromatic N) is 2. The van der Waals surface area contributed by atoms with Crippen molar-refractivity contribution in [3.63, 3.8) is 0 Å². The monoisotopic (exact) mass is 423 g/mol. The molecule has 0 bridgehead atoms. The van der Waals surface area contributed by atoms with Crippen molar-refractivity contribution < 1.29 is 18.9 Å². The lowest BCUT2D eigenvalue weighted by Crippen LogP contribution is -2.30. The minimum absolute atomic E-state index is 0.0386. The van der Waals surface area contributed by atoms with Crippen LogP contribution in [0.25, 0.3) is 17.4 Å². The van der Waals surface area contributed by atoms with Gasteiger partial charge in [0.1, 0.15) is 17.2 Å². The van der Waals surface area contributed by atoms with Gasteiger partial charge in [0.2, 0.25) is 0 Å². The molecule has 1 aromatic heterocycles. The summed E-state index contributed by atoms with van der Waals surface area (Å²) in [5.74, 6) is 0.172. The van der Waals surface area contributed by atoms with Crippen LogP contribution in [0.4, 0.5) is 16.2 Å². The molecule has 0 atom stereocenters. The molecule has 0 saturated carbocycles. The highest BCUT2D eigenvalue weighted by atomic mass is 35.5. The largest absolute Gasteiger partial charge is 0.457 e. The molecule has 0 aliphatic carbocycles. The van der Waals surface area contributed by atoms with Crippen LogP contribution >= 0.6 is 11.6 Å². The molecular formula is C21H14ClN3O5. The van der Waals surface area contributed by atoms with Gasteiger partial charge in [-0.25, -0.2) is 9.69 Å². The second kappa shape index (κ2) is 7.49. The summed E-state index contributed by atoms with van der Waals surface area (Å²) >= 11 is 5.95. The first-order valence-corrected chi connectivity index (χ1v) is 9.19. The van der Waals surface area contributed by atoms with Gasteiger partial charge in [-0.05, 0) is 42.8 Å². The highest BCUT2D eigenvalue weighted by molar-refractivity contribution is 6.32. The molecule has 1 fully saturated rings. The minimum atomic E-state index is -0.602. The molecule has 0 radical (unpaired) electrons. The molecule has 3 aromatic rings. The number of aryl methyl sites for hydroxylation is 1. The Hall–Kier alpha value is -3.91. The summed E-state index contributed by atoms with van der Waals surface area (Å²) in [5, 5.41) is 13.9. The van der Waals surface area contributed by atoms with Crippen LogP contribution in [0, 0.1) is 17.0 Å². The minimum Gasteiger partial charge on any atom is -0.457 e. The van der Waals surface area contributed by atoms with Crippen molar-refractivity contribution in [1.29, 1.82) is 0 Å². The lowest BCUT2D eigenvalue weighted by Gasteiger charge is -2.11. The van der Waals surface area contributed by atoms with Crippen molar-refractivity contribution in [2.24, 2.45) is 0 Å². The molecule has 0 spiro atoms. The zero-order chi connectivity index (χ0) is 21.4. The summed E-state index contributed by atoms with van der Waals surface area (Å²) in [6.07, 6.45) is 1.40. The van der Waals surface area contributed by atoms with E-state index in [1.165, 1.54) is 24.3 Å². The van der Waals surface area contributed by atoms with Crippen molar-refractivity contribution >= 4 is 41.0 Å². The molecule has 8 nitrogen and oxygen atoms in total. The standard InChI is InChI=1S/C21H14ClN3O5/c1-12-5-6-15(25(28)29)10-17(12)19-8-7-16(30-19)11-18-20(26)24(21(27)23-18)14-4-2-3-13(22)9-14/h2-11H,1H3,(H,23,27)/b18-11+. The van der Waals surface area contributed by atoms with Crippen LogP contribution in [-0.4, -0.2) is 16.9 Å². The Morgan fingerprint density at radius 2 is 1.93 bits per heavy atom. The fourth-order valence-electron chi connectivity index (χ4n) is 3.09. The second-order valence-electron chi connectivity index (χ2n) is 6.57. The summed E-state index contributed by atoms with van der Waals surface area (Å²) in [6.45, 7) is 1.81. The zero-order valence-corrected chi connectivity index (χ0v) is 16.3. The molecule has 1 saturated heterocycles.